The summed E-state index contributed by atoms with van der Waals surface area (Å²) in [5, 5.41) is 0. The molecule has 0 aliphatic carbocycles. The fourth-order valence-electron chi connectivity index (χ4n) is 1.66. The molecule has 2 nitrogen and oxygen atoms in total. The predicted octanol–water partition coefficient (Wildman–Crippen LogP) is 3.06. The normalized spacial score (nSPS) is 12.9. The van der Waals surface area contributed by atoms with Gasteiger partial charge in [-0.3, -0.25) is 0 Å². The minimum Gasteiger partial charge on any atom is -0.397 e. The lowest BCUT2D eigenvalue weighted by Crippen LogP contribution is -2.33. The van der Waals surface area contributed by atoms with Crippen molar-refractivity contribution in [3.63, 3.8) is 0 Å². The van der Waals surface area contributed by atoms with Gasteiger partial charge in [-0.25, -0.2) is 0 Å². The molecule has 1 unspecified atom stereocenters. The van der Waals surface area contributed by atoms with Crippen LogP contribution in [0, 0.1) is 12.8 Å². The van der Waals surface area contributed by atoms with E-state index in [-0.39, 0.29) is 0 Å². The van der Waals surface area contributed by atoms with E-state index in [9.17, 15) is 0 Å². The van der Waals surface area contributed by atoms with Crippen LogP contribution in [0.3, 0.4) is 0 Å². The summed E-state index contributed by atoms with van der Waals surface area (Å²) in [4.78, 5) is 2.25. The molecule has 1 rings (SSSR count). The van der Waals surface area contributed by atoms with Crippen LogP contribution in [-0.2, 0) is 0 Å². The largest absolute Gasteiger partial charge is 0.397 e. The first-order valence-electron chi connectivity index (χ1n) is 5.52. The third-order valence-corrected chi connectivity index (χ3v) is 3.14. The Morgan fingerprint density at radius 2 is 1.80 bits per heavy atom. The Hall–Kier alpha value is -1.18. The second kappa shape index (κ2) is 4.56. The second-order valence-electron chi connectivity index (χ2n) is 4.66. The second-order valence-corrected chi connectivity index (χ2v) is 4.66. The van der Waals surface area contributed by atoms with Crippen molar-refractivity contribution in [2.45, 2.75) is 33.7 Å². The summed E-state index contributed by atoms with van der Waals surface area (Å²) in [6.07, 6.45) is 0. The molecule has 0 saturated carbocycles. The van der Waals surface area contributed by atoms with Crippen molar-refractivity contribution in [1.82, 2.24) is 0 Å². The molecule has 0 aromatic heterocycles. The molecule has 2 heteroatoms. The number of nitrogen functional groups attached to an aromatic ring is 1. The van der Waals surface area contributed by atoms with Crippen molar-refractivity contribution < 1.29 is 0 Å². The van der Waals surface area contributed by atoms with Crippen molar-refractivity contribution in [2.75, 3.05) is 17.7 Å². The highest BCUT2D eigenvalue weighted by atomic mass is 15.1. The Morgan fingerprint density at radius 3 is 2.27 bits per heavy atom. The zero-order valence-corrected chi connectivity index (χ0v) is 10.4. The maximum Gasteiger partial charge on any atom is 0.0600 e. The molecule has 0 radical (unpaired) electrons. The molecular formula is C13H22N2. The average molecular weight is 206 g/mol. The first-order chi connectivity index (χ1) is 6.93. The highest BCUT2D eigenvalue weighted by molar-refractivity contribution is 5.68. The molecule has 0 bridgehead atoms. The topological polar surface area (TPSA) is 29.3 Å². The molecule has 15 heavy (non-hydrogen) atoms. The van der Waals surface area contributed by atoms with E-state index in [4.69, 9.17) is 5.73 Å². The van der Waals surface area contributed by atoms with E-state index >= 15 is 0 Å². The van der Waals surface area contributed by atoms with Crippen molar-refractivity contribution in [1.29, 1.82) is 0 Å². The Bertz CT molecular complexity index is 331. The third-order valence-electron chi connectivity index (χ3n) is 3.14. The number of aryl methyl sites for hydroxylation is 1. The van der Waals surface area contributed by atoms with Gasteiger partial charge in [0.25, 0.3) is 0 Å². The molecule has 0 heterocycles. The van der Waals surface area contributed by atoms with Crippen LogP contribution in [0.5, 0.6) is 0 Å². The van der Waals surface area contributed by atoms with Crippen LogP contribution < -0.4 is 10.6 Å². The number of hydrogen-bond donors (Lipinski definition) is 1. The molecule has 0 saturated heterocycles. The number of nitrogens with two attached hydrogens (primary N) is 1. The van der Waals surface area contributed by atoms with Gasteiger partial charge in [-0.15, -0.1) is 0 Å². The summed E-state index contributed by atoms with van der Waals surface area (Å²) in [6.45, 7) is 8.74. The van der Waals surface area contributed by atoms with Crippen LogP contribution in [0.4, 0.5) is 11.4 Å². The van der Waals surface area contributed by atoms with E-state index in [1.807, 2.05) is 6.07 Å². The number of nitrogens with zero attached hydrogens (tertiary/aromatic N) is 1. The van der Waals surface area contributed by atoms with Crippen LogP contribution in [0.2, 0.25) is 0 Å². The van der Waals surface area contributed by atoms with Gasteiger partial charge in [0.15, 0.2) is 0 Å². The smallest absolute Gasteiger partial charge is 0.0600 e. The van der Waals surface area contributed by atoms with E-state index in [2.05, 4.69) is 51.8 Å². The van der Waals surface area contributed by atoms with Crippen LogP contribution in [0.1, 0.15) is 26.3 Å². The molecule has 0 amide bonds. The maximum atomic E-state index is 6.02. The standard InChI is InChI=1S/C13H22N2/c1-9(2)11(4)15(5)13-7-6-10(3)8-12(13)14/h6-9,11H,14H2,1-5H3. The minimum absolute atomic E-state index is 0.495. The van der Waals surface area contributed by atoms with Gasteiger partial charge in [0.05, 0.1) is 11.4 Å². The SMILES string of the molecule is Cc1ccc(N(C)C(C)C(C)C)c(N)c1. The molecule has 84 valence electrons. The van der Waals surface area contributed by atoms with Gasteiger partial charge < -0.3 is 10.6 Å². The number of benzene rings is 1. The molecule has 1 aromatic rings. The van der Waals surface area contributed by atoms with Gasteiger partial charge in [-0.05, 0) is 37.5 Å². The first-order valence-corrected chi connectivity index (χ1v) is 5.52. The lowest BCUT2D eigenvalue weighted by Gasteiger charge is -2.31. The van der Waals surface area contributed by atoms with Crippen LogP contribution in [0.25, 0.3) is 0 Å². The molecule has 0 aliphatic heterocycles. The molecule has 0 fully saturated rings. The summed E-state index contributed by atoms with van der Waals surface area (Å²) in [6, 6.07) is 6.73. The summed E-state index contributed by atoms with van der Waals surface area (Å²) in [5.41, 5.74) is 9.22. The van der Waals surface area contributed by atoms with Gasteiger partial charge >= 0.3 is 0 Å². The van der Waals surface area contributed by atoms with Gasteiger partial charge in [0.2, 0.25) is 0 Å². The lowest BCUT2D eigenvalue weighted by atomic mass is 10.0. The minimum atomic E-state index is 0.495. The molecule has 1 atom stereocenters. The quantitative estimate of drug-likeness (QED) is 0.770. The highest BCUT2D eigenvalue weighted by Gasteiger charge is 2.15. The van der Waals surface area contributed by atoms with Crippen molar-refractivity contribution in [3.8, 4) is 0 Å². The first kappa shape index (κ1) is 11.9. The third kappa shape index (κ3) is 2.65. The fourth-order valence-corrected chi connectivity index (χ4v) is 1.66. The van der Waals surface area contributed by atoms with Gasteiger partial charge in [-0.1, -0.05) is 19.9 Å². The van der Waals surface area contributed by atoms with E-state index < -0.39 is 0 Å². The lowest BCUT2D eigenvalue weighted by molar-refractivity contribution is 0.506. The Balaban J connectivity index is 2.96. The van der Waals surface area contributed by atoms with Crippen LogP contribution in [-0.4, -0.2) is 13.1 Å². The van der Waals surface area contributed by atoms with Crippen molar-refractivity contribution >= 4 is 11.4 Å². The van der Waals surface area contributed by atoms with Crippen molar-refractivity contribution in [3.05, 3.63) is 23.8 Å². The van der Waals surface area contributed by atoms with E-state index in [1.54, 1.807) is 0 Å². The summed E-state index contributed by atoms with van der Waals surface area (Å²) in [7, 11) is 2.10. The van der Waals surface area contributed by atoms with Gasteiger partial charge in [0, 0.05) is 13.1 Å². The molecular weight excluding hydrogens is 184 g/mol. The van der Waals surface area contributed by atoms with Gasteiger partial charge in [-0.2, -0.15) is 0 Å². The van der Waals surface area contributed by atoms with E-state index in [1.165, 1.54) is 5.56 Å². The van der Waals surface area contributed by atoms with E-state index in [0.717, 1.165) is 11.4 Å². The van der Waals surface area contributed by atoms with Crippen molar-refractivity contribution in [2.24, 2.45) is 5.92 Å². The fraction of sp³-hybridized carbons (Fsp3) is 0.538. The molecule has 0 spiro atoms. The summed E-state index contributed by atoms with van der Waals surface area (Å²) >= 11 is 0. The predicted molar refractivity (Wildman–Crippen MR) is 68.3 cm³/mol. The Kier molecular flexibility index (Phi) is 3.61. The molecule has 0 aliphatic rings. The zero-order valence-electron chi connectivity index (χ0n) is 10.4. The highest BCUT2D eigenvalue weighted by Crippen LogP contribution is 2.26. The van der Waals surface area contributed by atoms with Crippen LogP contribution >= 0.6 is 0 Å². The molecule has 2 N–H and O–H groups in total. The average Bonchev–Trinajstić information content (AvgIpc) is 2.15. The molecule has 1 aromatic carbocycles. The Labute approximate surface area is 93.1 Å². The van der Waals surface area contributed by atoms with Gasteiger partial charge in [0.1, 0.15) is 0 Å². The zero-order chi connectivity index (χ0) is 11.6. The Morgan fingerprint density at radius 1 is 1.20 bits per heavy atom. The monoisotopic (exact) mass is 206 g/mol. The summed E-state index contributed by atoms with van der Waals surface area (Å²) in [5.74, 6) is 0.621. The maximum absolute atomic E-state index is 6.02. The summed E-state index contributed by atoms with van der Waals surface area (Å²) < 4.78 is 0. The number of anilines is 2. The number of hydrogen-bond acceptors (Lipinski definition) is 2. The van der Waals surface area contributed by atoms with E-state index in [0.29, 0.717) is 12.0 Å². The van der Waals surface area contributed by atoms with Crippen LogP contribution in [0.15, 0.2) is 18.2 Å². The number of rotatable bonds is 3.